The number of hydrogen-bond acceptors (Lipinski definition) is 5. The first-order valence-electron chi connectivity index (χ1n) is 10.6. The Morgan fingerprint density at radius 3 is 2.32 bits per heavy atom. The van der Waals surface area contributed by atoms with Gasteiger partial charge in [-0.25, -0.2) is 4.79 Å². The lowest BCUT2D eigenvalue weighted by atomic mass is 10.0. The van der Waals surface area contributed by atoms with Crippen molar-refractivity contribution < 1.29 is 24.1 Å². The van der Waals surface area contributed by atoms with E-state index in [9.17, 15) is 14.7 Å². The number of carboxylic acid groups (broad SMARTS) is 1. The van der Waals surface area contributed by atoms with Gasteiger partial charge in [-0.05, 0) is 59.6 Å². The number of aromatic nitrogens is 1. The molecule has 0 spiro atoms. The van der Waals surface area contributed by atoms with E-state index in [4.69, 9.17) is 14.2 Å². The van der Waals surface area contributed by atoms with Crippen LogP contribution in [0.3, 0.4) is 0 Å². The van der Waals surface area contributed by atoms with Crippen LogP contribution in [0, 0.1) is 13.8 Å². The van der Waals surface area contributed by atoms with Crippen molar-refractivity contribution in [2.75, 3.05) is 13.2 Å². The molecular formula is C24H31NO6. The van der Waals surface area contributed by atoms with Gasteiger partial charge >= 0.3 is 5.97 Å². The normalized spacial score (nSPS) is 16.2. The Morgan fingerprint density at radius 2 is 1.77 bits per heavy atom. The van der Waals surface area contributed by atoms with Crippen LogP contribution in [-0.2, 0) is 14.3 Å². The van der Waals surface area contributed by atoms with Gasteiger partial charge in [0.1, 0.15) is 5.75 Å². The molecule has 1 fully saturated rings. The molecule has 0 bridgehead atoms. The second kappa shape index (κ2) is 9.24. The second-order valence-corrected chi connectivity index (χ2v) is 8.83. The van der Waals surface area contributed by atoms with E-state index in [-0.39, 0.29) is 17.2 Å². The molecule has 1 N–H and O–H groups in total. The lowest BCUT2D eigenvalue weighted by Gasteiger charge is -2.34. The highest BCUT2D eigenvalue weighted by molar-refractivity contribution is 5.74. The summed E-state index contributed by atoms with van der Waals surface area (Å²) in [6.07, 6.45) is 0.144. The van der Waals surface area contributed by atoms with Crippen LogP contribution >= 0.6 is 0 Å². The minimum absolute atomic E-state index is 0.0217. The number of aliphatic carboxylic acids is 1. The molecule has 1 aromatic heterocycles. The van der Waals surface area contributed by atoms with E-state index in [1.165, 1.54) is 0 Å². The maximum Gasteiger partial charge on any atom is 0.339 e. The molecule has 1 unspecified atom stereocenters. The Balaban J connectivity index is 2.23. The van der Waals surface area contributed by atoms with Crippen LogP contribution in [0.1, 0.15) is 62.7 Å². The van der Waals surface area contributed by atoms with Crippen molar-refractivity contribution >= 4 is 5.97 Å². The minimum atomic E-state index is -1.28. The number of rotatable bonds is 6. The van der Waals surface area contributed by atoms with Gasteiger partial charge in [0.05, 0.1) is 17.0 Å². The third kappa shape index (κ3) is 5.17. The standard InChI is InChI=1S/C24H31NO6/c1-15-19(22(23(27)28)31-24(3,4)5)25(17-11-13-29-14-12-17)16(2)21(20(15)26)30-18-9-7-6-8-10-18/h6-10,17,22H,11-14H2,1-5H3,(H,27,28). The Hall–Kier alpha value is -2.64. The number of benzene rings is 1. The van der Waals surface area contributed by atoms with Gasteiger partial charge in [-0.15, -0.1) is 0 Å². The van der Waals surface area contributed by atoms with Crippen LogP contribution in [0.4, 0.5) is 0 Å². The van der Waals surface area contributed by atoms with Crippen LogP contribution in [0.25, 0.3) is 0 Å². The summed E-state index contributed by atoms with van der Waals surface area (Å²) in [5.74, 6) is -0.373. The van der Waals surface area contributed by atoms with Crippen molar-refractivity contribution in [3.63, 3.8) is 0 Å². The summed E-state index contributed by atoms with van der Waals surface area (Å²) in [5.41, 5.74) is 0.240. The highest BCUT2D eigenvalue weighted by Crippen LogP contribution is 2.35. The van der Waals surface area contributed by atoms with Gasteiger partial charge in [-0.3, -0.25) is 4.79 Å². The molecule has 0 radical (unpaired) electrons. The van der Waals surface area contributed by atoms with Crippen LogP contribution in [-0.4, -0.2) is 34.5 Å². The summed E-state index contributed by atoms with van der Waals surface area (Å²) in [7, 11) is 0. The third-order valence-corrected chi connectivity index (χ3v) is 5.34. The fourth-order valence-electron chi connectivity index (χ4n) is 3.96. The van der Waals surface area contributed by atoms with E-state index in [1.54, 1.807) is 46.8 Å². The number of para-hydroxylation sites is 1. The Labute approximate surface area is 182 Å². The maximum atomic E-state index is 13.3. The van der Waals surface area contributed by atoms with Crippen molar-refractivity contribution in [3.05, 3.63) is 57.5 Å². The molecule has 3 rings (SSSR count). The van der Waals surface area contributed by atoms with Gasteiger partial charge in [0.15, 0.2) is 11.9 Å². The zero-order valence-electron chi connectivity index (χ0n) is 18.8. The van der Waals surface area contributed by atoms with E-state index in [1.807, 2.05) is 22.8 Å². The van der Waals surface area contributed by atoms with E-state index in [2.05, 4.69) is 0 Å². The Kier molecular flexibility index (Phi) is 6.86. The van der Waals surface area contributed by atoms with Crippen LogP contribution in [0.15, 0.2) is 35.1 Å². The molecule has 2 heterocycles. The molecule has 1 aliphatic heterocycles. The molecule has 1 aliphatic rings. The molecule has 1 atom stereocenters. The fraction of sp³-hybridized carbons (Fsp3) is 0.500. The molecule has 0 saturated carbocycles. The molecule has 168 valence electrons. The van der Waals surface area contributed by atoms with Gasteiger partial charge in [-0.1, -0.05) is 18.2 Å². The largest absolute Gasteiger partial charge is 0.479 e. The summed E-state index contributed by atoms with van der Waals surface area (Å²) in [5, 5.41) is 10.0. The number of carbonyl (C=O) groups is 1. The average Bonchev–Trinajstić information content (AvgIpc) is 2.73. The van der Waals surface area contributed by atoms with Crippen LogP contribution in [0.5, 0.6) is 11.5 Å². The molecule has 1 aromatic carbocycles. The summed E-state index contributed by atoms with van der Waals surface area (Å²) in [6.45, 7) is 9.99. The smallest absolute Gasteiger partial charge is 0.339 e. The van der Waals surface area contributed by atoms with Crippen molar-refractivity contribution in [1.82, 2.24) is 4.57 Å². The average molecular weight is 430 g/mol. The molecule has 0 aliphatic carbocycles. The van der Waals surface area contributed by atoms with Crippen LogP contribution < -0.4 is 10.2 Å². The van der Waals surface area contributed by atoms with Gasteiger partial charge in [-0.2, -0.15) is 0 Å². The number of nitrogens with zero attached hydrogens (tertiary/aromatic N) is 1. The Bertz CT molecular complexity index is 984. The molecule has 31 heavy (non-hydrogen) atoms. The maximum absolute atomic E-state index is 13.3. The lowest BCUT2D eigenvalue weighted by molar-refractivity contribution is -0.161. The SMILES string of the molecule is Cc1c(C(OC(C)(C)C)C(=O)O)n(C2CCOCC2)c(C)c(Oc2ccccc2)c1=O. The zero-order chi connectivity index (χ0) is 22.8. The van der Waals surface area contributed by atoms with E-state index in [0.717, 1.165) is 0 Å². The van der Waals surface area contributed by atoms with Gasteiger partial charge in [0, 0.05) is 24.8 Å². The highest BCUT2D eigenvalue weighted by Gasteiger charge is 2.35. The number of ether oxygens (including phenoxy) is 3. The third-order valence-electron chi connectivity index (χ3n) is 5.34. The zero-order valence-corrected chi connectivity index (χ0v) is 18.8. The van der Waals surface area contributed by atoms with Gasteiger partial charge in [0.25, 0.3) is 0 Å². The second-order valence-electron chi connectivity index (χ2n) is 8.83. The first kappa shape index (κ1) is 23.0. The predicted molar refractivity (Wildman–Crippen MR) is 117 cm³/mol. The van der Waals surface area contributed by atoms with Crippen molar-refractivity contribution in [2.45, 2.75) is 65.2 Å². The fourth-order valence-corrected chi connectivity index (χ4v) is 3.96. The number of hydrogen-bond donors (Lipinski definition) is 1. The highest BCUT2D eigenvalue weighted by atomic mass is 16.5. The quantitative estimate of drug-likeness (QED) is 0.725. The lowest BCUT2D eigenvalue weighted by Crippen LogP contribution is -2.35. The first-order valence-corrected chi connectivity index (χ1v) is 10.6. The molecule has 0 amide bonds. The summed E-state index contributed by atoms with van der Waals surface area (Å²) >= 11 is 0. The van der Waals surface area contributed by atoms with Gasteiger partial charge < -0.3 is 23.9 Å². The Morgan fingerprint density at radius 1 is 1.16 bits per heavy atom. The predicted octanol–water partition coefficient (Wildman–Crippen LogP) is 4.55. The molecule has 1 saturated heterocycles. The van der Waals surface area contributed by atoms with E-state index in [0.29, 0.717) is 48.8 Å². The minimum Gasteiger partial charge on any atom is -0.479 e. The number of carboxylic acids is 1. The van der Waals surface area contributed by atoms with E-state index >= 15 is 0 Å². The summed E-state index contributed by atoms with van der Waals surface area (Å²) < 4.78 is 19.4. The van der Waals surface area contributed by atoms with Crippen molar-refractivity contribution in [1.29, 1.82) is 0 Å². The van der Waals surface area contributed by atoms with Crippen molar-refractivity contribution in [3.8, 4) is 11.5 Å². The topological polar surface area (TPSA) is 87.0 Å². The van der Waals surface area contributed by atoms with Gasteiger partial charge in [0.2, 0.25) is 5.43 Å². The molecular weight excluding hydrogens is 398 g/mol. The number of pyridine rings is 1. The summed E-state index contributed by atoms with van der Waals surface area (Å²) in [6, 6.07) is 9.08. The molecule has 7 nitrogen and oxygen atoms in total. The molecule has 7 heteroatoms. The van der Waals surface area contributed by atoms with Crippen molar-refractivity contribution in [2.24, 2.45) is 0 Å². The first-order chi connectivity index (χ1) is 14.6. The monoisotopic (exact) mass is 429 g/mol. The summed E-state index contributed by atoms with van der Waals surface area (Å²) in [4.78, 5) is 25.6. The van der Waals surface area contributed by atoms with Crippen LogP contribution in [0.2, 0.25) is 0 Å². The molecule has 2 aromatic rings. The van der Waals surface area contributed by atoms with E-state index < -0.39 is 17.7 Å².